The SMILES string of the molecule is Cc1nc(NCc2ncccc2F)c2nc(CCNCCC3Nc4ccccc4N3)sc2n1. The van der Waals surface area contributed by atoms with Crippen LogP contribution in [-0.4, -0.2) is 39.2 Å². The minimum Gasteiger partial charge on any atom is -0.364 e. The van der Waals surface area contributed by atoms with Crippen molar-refractivity contribution >= 4 is 38.9 Å². The van der Waals surface area contributed by atoms with Crippen LogP contribution in [0.2, 0.25) is 0 Å². The molecule has 10 heteroatoms. The van der Waals surface area contributed by atoms with Crippen molar-refractivity contribution in [1.82, 2.24) is 25.3 Å². The number of halogens is 1. The molecule has 1 aliphatic rings. The normalized spacial score (nSPS) is 13.0. The van der Waals surface area contributed by atoms with Crippen molar-refractivity contribution in [2.75, 3.05) is 29.0 Å². The molecule has 8 nitrogen and oxygen atoms in total. The van der Waals surface area contributed by atoms with E-state index in [2.05, 4.69) is 48.4 Å². The molecule has 0 aliphatic carbocycles. The Morgan fingerprint density at radius 3 is 2.64 bits per heavy atom. The van der Waals surface area contributed by atoms with E-state index in [0.29, 0.717) is 22.9 Å². The summed E-state index contributed by atoms with van der Waals surface area (Å²) in [5, 5.41) is 14.6. The molecule has 0 unspecified atom stereocenters. The van der Waals surface area contributed by atoms with Gasteiger partial charge in [-0.15, -0.1) is 0 Å². The largest absolute Gasteiger partial charge is 0.364 e. The number of pyridine rings is 1. The van der Waals surface area contributed by atoms with Crippen LogP contribution in [0.5, 0.6) is 0 Å². The molecule has 4 N–H and O–H groups in total. The molecule has 4 aromatic rings. The number of aryl methyl sites for hydroxylation is 1. The minimum absolute atomic E-state index is 0.236. The Morgan fingerprint density at radius 2 is 1.85 bits per heavy atom. The van der Waals surface area contributed by atoms with Gasteiger partial charge in [-0.25, -0.2) is 19.3 Å². The molecule has 1 aliphatic heterocycles. The zero-order valence-corrected chi connectivity index (χ0v) is 19.0. The molecule has 170 valence electrons. The van der Waals surface area contributed by atoms with Crippen LogP contribution in [0.15, 0.2) is 42.6 Å². The number of para-hydroxylation sites is 2. The number of thiazole rings is 1. The van der Waals surface area contributed by atoms with Crippen LogP contribution in [0.1, 0.15) is 22.9 Å². The Bertz CT molecular complexity index is 1240. The maximum absolute atomic E-state index is 13.9. The first kappa shape index (κ1) is 21.5. The average Bonchev–Trinajstić information content (AvgIpc) is 3.41. The van der Waals surface area contributed by atoms with Crippen LogP contribution in [-0.2, 0) is 13.0 Å². The van der Waals surface area contributed by atoms with Crippen molar-refractivity contribution in [1.29, 1.82) is 0 Å². The van der Waals surface area contributed by atoms with E-state index in [4.69, 9.17) is 4.98 Å². The van der Waals surface area contributed by atoms with Crippen molar-refractivity contribution in [2.24, 2.45) is 0 Å². The van der Waals surface area contributed by atoms with Crippen LogP contribution in [0.25, 0.3) is 10.3 Å². The molecule has 4 heterocycles. The first-order valence-electron chi connectivity index (χ1n) is 11.0. The average molecular weight is 465 g/mol. The Hall–Kier alpha value is -3.37. The fourth-order valence-corrected chi connectivity index (χ4v) is 4.76. The van der Waals surface area contributed by atoms with Gasteiger partial charge in [0.1, 0.15) is 22.0 Å². The summed E-state index contributed by atoms with van der Waals surface area (Å²) < 4.78 is 13.9. The third-order valence-corrected chi connectivity index (χ3v) is 6.39. The second kappa shape index (κ2) is 9.63. The van der Waals surface area contributed by atoms with E-state index in [1.807, 2.05) is 19.1 Å². The van der Waals surface area contributed by atoms with Crippen LogP contribution in [0.4, 0.5) is 21.6 Å². The highest BCUT2D eigenvalue weighted by atomic mass is 32.1. The van der Waals surface area contributed by atoms with Gasteiger partial charge in [-0.05, 0) is 44.2 Å². The van der Waals surface area contributed by atoms with Gasteiger partial charge in [-0.1, -0.05) is 23.5 Å². The topological polar surface area (TPSA) is 99.7 Å². The number of benzene rings is 1. The van der Waals surface area contributed by atoms with Gasteiger partial charge in [0.2, 0.25) is 0 Å². The van der Waals surface area contributed by atoms with E-state index >= 15 is 0 Å². The summed E-state index contributed by atoms with van der Waals surface area (Å²) >= 11 is 1.57. The zero-order valence-electron chi connectivity index (χ0n) is 18.2. The molecule has 0 spiro atoms. The van der Waals surface area contributed by atoms with Crippen LogP contribution >= 0.6 is 11.3 Å². The molecule has 3 aromatic heterocycles. The molecule has 1 aromatic carbocycles. The summed E-state index contributed by atoms with van der Waals surface area (Å²) in [5.41, 5.74) is 3.37. The van der Waals surface area contributed by atoms with Gasteiger partial charge in [0, 0.05) is 19.2 Å². The molecule has 0 radical (unpaired) electrons. The van der Waals surface area contributed by atoms with Gasteiger partial charge in [0.05, 0.1) is 34.8 Å². The van der Waals surface area contributed by atoms with Crippen molar-refractivity contribution in [3.63, 3.8) is 0 Å². The number of aromatic nitrogens is 4. The predicted molar refractivity (Wildman–Crippen MR) is 130 cm³/mol. The van der Waals surface area contributed by atoms with E-state index in [9.17, 15) is 4.39 Å². The van der Waals surface area contributed by atoms with Crippen molar-refractivity contribution in [3.8, 4) is 0 Å². The first-order chi connectivity index (χ1) is 16.2. The first-order valence-corrected chi connectivity index (χ1v) is 11.8. The standard InChI is InChI=1S/C23H25FN8S/c1-14-28-22(27-13-18-15(24)5-4-10-26-18)21-23(29-14)33-20(32-21)9-12-25-11-8-19-30-16-6-2-3-7-17(16)31-19/h2-7,10,19,25,30-31H,8-9,11-13H2,1H3,(H,27,28,29). The van der Waals surface area contributed by atoms with Crippen LogP contribution < -0.4 is 21.3 Å². The number of nitrogens with zero attached hydrogens (tertiary/aromatic N) is 4. The molecule has 0 saturated heterocycles. The smallest absolute Gasteiger partial charge is 0.157 e. The van der Waals surface area contributed by atoms with Crippen molar-refractivity contribution < 1.29 is 4.39 Å². The molecule has 0 saturated carbocycles. The number of fused-ring (bicyclic) bond motifs is 2. The number of hydrogen-bond donors (Lipinski definition) is 4. The van der Waals surface area contributed by atoms with Gasteiger partial charge >= 0.3 is 0 Å². The Morgan fingerprint density at radius 1 is 1.03 bits per heavy atom. The van der Waals surface area contributed by atoms with Crippen LogP contribution in [0.3, 0.4) is 0 Å². The summed E-state index contributed by atoms with van der Waals surface area (Å²) in [6.07, 6.45) is 3.59. The van der Waals surface area contributed by atoms with Gasteiger partial charge in [0.25, 0.3) is 0 Å². The summed E-state index contributed by atoms with van der Waals surface area (Å²) in [6, 6.07) is 11.2. The summed E-state index contributed by atoms with van der Waals surface area (Å²) in [7, 11) is 0. The van der Waals surface area contributed by atoms with E-state index in [-0.39, 0.29) is 18.5 Å². The van der Waals surface area contributed by atoms with Gasteiger partial charge in [0.15, 0.2) is 5.82 Å². The van der Waals surface area contributed by atoms with Gasteiger partial charge in [-0.2, -0.15) is 0 Å². The monoisotopic (exact) mass is 464 g/mol. The third kappa shape index (κ3) is 5.01. The third-order valence-electron chi connectivity index (χ3n) is 5.38. The molecule has 0 atom stereocenters. The van der Waals surface area contributed by atoms with Gasteiger partial charge < -0.3 is 21.3 Å². The van der Waals surface area contributed by atoms with Crippen LogP contribution in [0, 0.1) is 12.7 Å². The lowest BCUT2D eigenvalue weighted by atomic mass is 10.3. The minimum atomic E-state index is -0.344. The Labute approximate surface area is 195 Å². The lowest BCUT2D eigenvalue weighted by Gasteiger charge is -2.12. The van der Waals surface area contributed by atoms with E-state index in [0.717, 1.165) is 47.1 Å². The lowest BCUT2D eigenvalue weighted by molar-refractivity contribution is 0.602. The number of rotatable bonds is 9. The number of anilines is 3. The van der Waals surface area contributed by atoms with E-state index in [1.54, 1.807) is 23.6 Å². The second-order valence-electron chi connectivity index (χ2n) is 7.84. The highest BCUT2D eigenvalue weighted by molar-refractivity contribution is 7.18. The number of hydrogen-bond acceptors (Lipinski definition) is 9. The quantitative estimate of drug-likeness (QED) is 0.277. The molecular formula is C23H25FN8S. The van der Waals surface area contributed by atoms with E-state index < -0.39 is 0 Å². The van der Waals surface area contributed by atoms with Gasteiger partial charge in [-0.3, -0.25) is 4.98 Å². The molecular weight excluding hydrogens is 439 g/mol. The molecule has 0 bridgehead atoms. The second-order valence-corrected chi connectivity index (χ2v) is 8.90. The maximum Gasteiger partial charge on any atom is 0.157 e. The van der Waals surface area contributed by atoms with Crippen molar-refractivity contribution in [3.05, 3.63) is 64.9 Å². The fourth-order valence-electron chi connectivity index (χ4n) is 3.78. The number of nitrogens with one attached hydrogen (secondary N) is 4. The molecule has 5 rings (SSSR count). The lowest BCUT2D eigenvalue weighted by Crippen LogP contribution is -2.28. The maximum atomic E-state index is 13.9. The highest BCUT2D eigenvalue weighted by Gasteiger charge is 2.18. The molecule has 33 heavy (non-hydrogen) atoms. The van der Waals surface area contributed by atoms with Crippen molar-refractivity contribution in [2.45, 2.75) is 32.5 Å². The Kier molecular flexibility index (Phi) is 6.27. The Balaban J connectivity index is 1.14. The summed E-state index contributed by atoms with van der Waals surface area (Å²) in [6.45, 7) is 3.80. The summed E-state index contributed by atoms with van der Waals surface area (Å²) in [5.74, 6) is 0.914. The van der Waals surface area contributed by atoms with E-state index in [1.165, 1.54) is 6.07 Å². The fraction of sp³-hybridized carbons (Fsp3) is 0.304. The zero-order chi connectivity index (χ0) is 22.6. The molecule has 0 amide bonds. The highest BCUT2D eigenvalue weighted by Crippen LogP contribution is 2.29. The molecule has 0 fully saturated rings. The predicted octanol–water partition coefficient (Wildman–Crippen LogP) is 3.93. The summed E-state index contributed by atoms with van der Waals surface area (Å²) in [4.78, 5) is 18.7.